The van der Waals surface area contributed by atoms with Gasteiger partial charge in [0.1, 0.15) is 10.7 Å². The first-order valence-electron chi connectivity index (χ1n) is 8.38. The van der Waals surface area contributed by atoms with Crippen molar-refractivity contribution in [2.24, 2.45) is 0 Å². The number of hydrogen-bond acceptors (Lipinski definition) is 7. The Morgan fingerprint density at radius 2 is 2.11 bits per heavy atom. The van der Waals surface area contributed by atoms with Gasteiger partial charge in [-0.15, -0.1) is 0 Å². The summed E-state index contributed by atoms with van der Waals surface area (Å²) >= 11 is 1.37. The number of hydrogen-bond donors (Lipinski definition) is 0. The summed E-state index contributed by atoms with van der Waals surface area (Å²) in [7, 11) is 0. The molecule has 3 aromatic heterocycles. The summed E-state index contributed by atoms with van der Waals surface area (Å²) in [4.78, 5) is 29.3. The van der Waals surface area contributed by atoms with Gasteiger partial charge in [0.25, 0.3) is 5.91 Å². The van der Waals surface area contributed by atoms with E-state index in [4.69, 9.17) is 8.83 Å². The fourth-order valence-corrected chi connectivity index (χ4v) is 4.07. The molecule has 0 spiro atoms. The van der Waals surface area contributed by atoms with Gasteiger partial charge in [-0.25, -0.2) is 4.98 Å². The Hall–Kier alpha value is -3.46. The van der Waals surface area contributed by atoms with Crippen LogP contribution in [0.5, 0.6) is 0 Å². The predicted molar refractivity (Wildman–Crippen MR) is 104 cm³/mol. The van der Waals surface area contributed by atoms with Gasteiger partial charge in [-0.3, -0.25) is 19.8 Å². The Kier molecular flexibility index (Phi) is 4.44. The summed E-state index contributed by atoms with van der Waals surface area (Å²) in [6, 6.07) is 9.95. The van der Waals surface area contributed by atoms with Crippen molar-refractivity contribution in [1.82, 2.24) is 4.98 Å². The number of thiazole rings is 1. The average Bonchev–Trinajstić information content (AvgIpc) is 3.38. The lowest BCUT2D eigenvalue weighted by molar-refractivity contribution is -0.402. The number of anilines is 1. The molecule has 8 nitrogen and oxygen atoms in total. The Labute approximate surface area is 163 Å². The summed E-state index contributed by atoms with van der Waals surface area (Å²) in [5.74, 6) is -0.595. The van der Waals surface area contributed by atoms with Crippen LogP contribution in [0.3, 0.4) is 0 Å². The number of aryl methyl sites for hydroxylation is 2. The van der Waals surface area contributed by atoms with Crippen molar-refractivity contribution in [2.75, 3.05) is 4.90 Å². The average molecular weight is 397 g/mol. The van der Waals surface area contributed by atoms with E-state index in [0.29, 0.717) is 10.9 Å². The zero-order valence-corrected chi connectivity index (χ0v) is 15.9. The maximum atomic E-state index is 13.1. The van der Waals surface area contributed by atoms with E-state index in [0.717, 1.165) is 27.4 Å². The molecule has 9 heteroatoms. The van der Waals surface area contributed by atoms with E-state index in [1.807, 2.05) is 26.0 Å². The highest BCUT2D eigenvalue weighted by Crippen LogP contribution is 2.33. The minimum Gasteiger partial charge on any atom is -0.467 e. The summed E-state index contributed by atoms with van der Waals surface area (Å²) in [5, 5.41) is 11.3. The van der Waals surface area contributed by atoms with Crippen LogP contribution in [0.2, 0.25) is 0 Å². The molecule has 0 fully saturated rings. The lowest BCUT2D eigenvalue weighted by atomic mass is 10.1. The Balaban J connectivity index is 1.78. The molecule has 0 unspecified atom stereocenters. The molecule has 1 aromatic carbocycles. The first-order chi connectivity index (χ1) is 13.4. The third-order valence-electron chi connectivity index (χ3n) is 4.17. The molecule has 0 radical (unpaired) electrons. The van der Waals surface area contributed by atoms with Crippen molar-refractivity contribution in [1.29, 1.82) is 0 Å². The zero-order valence-electron chi connectivity index (χ0n) is 15.0. The van der Waals surface area contributed by atoms with Crippen LogP contribution < -0.4 is 4.90 Å². The van der Waals surface area contributed by atoms with E-state index in [1.54, 1.807) is 12.1 Å². The molecule has 3 heterocycles. The van der Waals surface area contributed by atoms with Gasteiger partial charge in [-0.2, -0.15) is 0 Å². The fraction of sp³-hybridized carbons (Fsp3) is 0.158. The highest BCUT2D eigenvalue weighted by Gasteiger charge is 2.27. The highest BCUT2D eigenvalue weighted by atomic mass is 32.1. The van der Waals surface area contributed by atoms with Gasteiger partial charge in [0, 0.05) is 0 Å². The van der Waals surface area contributed by atoms with Gasteiger partial charge in [-0.05, 0) is 49.2 Å². The molecule has 4 rings (SSSR count). The smallest absolute Gasteiger partial charge is 0.433 e. The number of benzene rings is 1. The van der Waals surface area contributed by atoms with Crippen molar-refractivity contribution in [2.45, 2.75) is 20.4 Å². The molecule has 0 atom stereocenters. The first kappa shape index (κ1) is 17.9. The molecule has 0 bridgehead atoms. The molecule has 0 aliphatic rings. The lowest BCUT2D eigenvalue weighted by Crippen LogP contribution is -2.29. The number of nitrogens with zero attached hydrogens (tertiary/aromatic N) is 3. The van der Waals surface area contributed by atoms with E-state index in [-0.39, 0.29) is 12.3 Å². The molecule has 28 heavy (non-hydrogen) atoms. The standard InChI is InChI=1S/C19H15N3O5S/c1-11-8-12(2)17-15(9-11)28-19(20-17)21(10-13-4-3-7-26-13)18(23)14-5-6-16(27-14)22(24)25/h3-9H,10H2,1-2H3. The molecule has 0 N–H and O–H groups in total. The minimum atomic E-state index is -0.683. The van der Waals surface area contributed by atoms with Crippen LogP contribution in [0.4, 0.5) is 11.0 Å². The third kappa shape index (κ3) is 3.27. The maximum absolute atomic E-state index is 13.1. The number of carbonyl (C=O) groups is 1. The quantitative estimate of drug-likeness (QED) is 0.352. The van der Waals surface area contributed by atoms with Gasteiger partial charge in [0.05, 0.1) is 29.1 Å². The molecule has 0 aliphatic heterocycles. The first-order valence-corrected chi connectivity index (χ1v) is 9.20. The van der Waals surface area contributed by atoms with Gasteiger partial charge in [0.2, 0.25) is 0 Å². The molecular weight excluding hydrogens is 382 g/mol. The van der Waals surface area contributed by atoms with Gasteiger partial charge in [0.15, 0.2) is 10.9 Å². The van der Waals surface area contributed by atoms with Crippen molar-refractivity contribution < 1.29 is 18.6 Å². The monoisotopic (exact) mass is 397 g/mol. The summed E-state index contributed by atoms with van der Waals surface area (Å²) in [6.45, 7) is 4.09. The second-order valence-corrected chi connectivity index (χ2v) is 7.30. The van der Waals surface area contributed by atoms with Crippen LogP contribution in [-0.2, 0) is 6.54 Å². The number of fused-ring (bicyclic) bond motifs is 1. The van der Waals surface area contributed by atoms with E-state index >= 15 is 0 Å². The second-order valence-electron chi connectivity index (χ2n) is 6.29. The topological polar surface area (TPSA) is 103 Å². The van der Waals surface area contributed by atoms with Crippen LogP contribution in [0, 0.1) is 24.0 Å². The number of aromatic nitrogens is 1. The van der Waals surface area contributed by atoms with E-state index in [1.165, 1.54) is 28.6 Å². The normalized spacial score (nSPS) is 11.1. The van der Waals surface area contributed by atoms with Crippen molar-refractivity contribution >= 4 is 38.5 Å². The SMILES string of the molecule is Cc1cc(C)c2nc(N(Cc3ccco3)C(=O)c3ccc([N+](=O)[O-])o3)sc2c1. The Bertz CT molecular complexity index is 1180. The number of furan rings is 2. The molecule has 0 saturated heterocycles. The highest BCUT2D eigenvalue weighted by molar-refractivity contribution is 7.22. The zero-order chi connectivity index (χ0) is 19.8. The number of amides is 1. The molecule has 0 aliphatic carbocycles. The van der Waals surface area contributed by atoms with Gasteiger partial charge in [-0.1, -0.05) is 17.4 Å². The van der Waals surface area contributed by atoms with Gasteiger partial charge < -0.3 is 8.83 Å². The molecule has 4 aromatic rings. The van der Waals surface area contributed by atoms with Crippen LogP contribution in [0.1, 0.15) is 27.4 Å². The van der Waals surface area contributed by atoms with Gasteiger partial charge >= 0.3 is 5.88 Å². The molecule has 0 saturated carbocycles. The molecule has 142 valence electrons. The third-order valence-corrected chi connectivity index (χ3v) is 5.20. The van der Waals surface area contributed by atoms with Crippen LogP contribution >= 0.6 is 11.3 Å². The number of carbonyl (C=O) groups excluding carboxylic acids is 1. The Morgan fingerprint density at radius 3 is 2.79 bits per heavy atom. The second kappa shape index (κ2) is 6.93. The summed E-state index contributed by atoms with van der Waals surface area (Å²) in [5.41, 5.74) is 2.93. The predicted octanol–water partition coefficient (Wildman–Crippen LogP) is 4.85. The van der Waals surface area contributed by atoms with Crippen molar-refractivity contribution in [3.63, 3.8) is 0 Å². The van der Waals surface area contributed by atoms with Crippen LogP contribution in [0.25, 0.3) is 10.2 Å². The molecular formula is C19H15N3O5S. The lowest BCUT2D eigenvalue weighted by Gasteiger charge is -2.17. The van der Waals surface area contributed by atoms with E-state index in [2.05, 4.69) is 4.98 Å². The maximum Gasteiger partial charge on any atom is 0.433 e. The van der Waals surface area contributed by atoms with E-state index < -0.39 is 16.7 Å². The van der Waals surface area contributed by atoms with E-state index in [9.17, 15) is 14.9 Å². The molecule has 1 amide bonds. The largest absolute Gasteiger partial charge is 0.467 e. The van der Waals surface area contributed by atoms with Crippen LogP contribution in [0.15, 0.2) is 51.5 Å². The van der Waals surface area contributed by atoms with Crippen LogP contribution in [-0.4, -0.2) is 15.8 Å². The van der Waals surface area contributed by atoms with Crippen molar-refractivity contribution in [3.05, 3.63) is 75.4 Å². The fourth-order valence-electron chi connectivity index (χ4n) is 2.93. The van der Waals surface area contributed by atoms with Crippen molar-refractivity contribution in [3.8, 4) is 0 Å². The summed E-state index contributed by atoms with van der Waals surface area (Å²) < 4.78 is 11.4. The number of rotatable bonds is 5. The minimum absolute atomic E-state index is 0.123. The number of nitro groups is 1. The Morgan fingerprint density at radius 1 is 1.29 bits per heavy atom. The summed E-state index contributed by atoms with van der Waals surface area (Å²) in [6.07, 6.45) is 1.52.